The van der Waals surface area contributed by atoms with Crippen LogP contribution in [0.15, 0.2) is 36.5 Å². The highest BCUT2D eigenvalue weighted by Crippen LogP contribution is 2.25. The van der Waals surface area contributed by atoms with Crippen molar-refractivity contribution >= 4 is 11.7 Å². The van der Waals surface area contributed by atoms with E-state index in [0.717, 1.165) is 11.1 Å². The highest BCUT2D eigenvalue weighted by atomic mass is 16.5. The monoisotopic (exact) mass is 288 g/mol. The molecule has 0 fully saturated rings. The molecule has 0 aliphatic rings. The Bertz CT molecular complexity index is 568. The van der Waals surface area contributed by atoms with Gasteiger partial charge in [-0.05, 0) is 12.6 Å². The molecule has 2 N–H and O–H groups in total. The number of nitrogens with zero attached hydrogens (tertiary/aromatic N) is 2. The number of aromatic amines is 1. The summed E-state index contributed by atoms with van der Waals surface area (Å²) < 4.78 is 4.99. The fraction of sp³-hybridized carbons (Fsp3) is 0.333. The molecule has 6 heteroatoms. The third-order valence-electron chi connectivity index (χ3n) is 3.08. The summed E-state index contributed by atoms with van der Waals surface area (Å²) >= 11 is 0. The van der Waals surface area contributed by atoms with E-state index in [-0.39, 0.29) is 5.91 Å². The van der Waals surface area contributed by atoms with Crippen LogP contribution < -0.4 is 5.32 Å². The lowest BCUT2D eigenvalue weighted by Gasteiger charge is -2.15. The summed E-state index contributed by atoms with van der Waals surface area (Å²) in [4.78, 5) is 13.9. The second-order valence-corrected chi connectivity index (χ2v) is 4.80. The molecule has 6 nitrogen and oxygen atoms in total. The number of carbonyl (C=O) groups excluding carboxylic acids is 1. The van der Waals surface area contributed by atoms with Crippen LogP contribution in [-0.2, 0) is 9.53 Å². The molecule has 0 unspecified atom stereocenters. The molecule has 0 bridgehead atoms. The number of hydrogen-bond donors (Lipinski definition) is 2. The van der Waals surface area contributed by atoms with E-state index in [1.165, 1.54) is 0 Å². The number of ether oxygens (including phenoxy) is 1. The lowest BCUT2D eigenvalue weighted by atomic mass is 10.1. The molecule has 0 atom stereocenters. The highest BCUT2D eigenvalue weighted by Gasteiger charge is 2.12. The van der Waals surface area contributed by atoms with Crippen LogP contribution in [-0.4, -0.2) is 54.9 Å². The number of rotatable bonds is 7. The molecule has 0 spiro atoms. The molecule has 2 rings (SSSR count). The molecule has 112 valence electrons. The van der Waals surface area contributed by atoms with E-state index < -0.39 is 0 Å². The number of aromatic nitrogens is 2. The van der Waals surface area contributed by atoms with E-state index in [0.29, 0.717) is 25.5 Å². The van der Waals surface area contributed by atoms with E-state index in [9.17, 15) is 4.79 Å². The van der Waals surface area contributed by atoms with Crippen molar-refractivity contribution in [3.63, 3.8) is 0 Å². The lowest BCUT2D eigenvalue weighted by molar-refractivity contribution is -0.117. The Morgan fingerprint density at radius 1 is 1.38 bits per heavy atom. The minimum Gasteiger partial charge on any atom is -0.383 e. The maximum atomic E-state index is 12.0. The number of hydrogen-bond acceptors (Lipinski definition) is 4. The van der Waals surface area contributed by atoms with Crippen LogP contribution in [0.5, 0.6) is 0 Å². The van der Waals surface area contributed by atoms with Gasteiger partial charge >= 0.3 is 0 Å². The molecule has 1 aromatic heterocycles. The van der Waals surface area contributed by atoms with Gasteiger partial charge in [-0.3, -0.25) is 14.8 Å². The molecular weight excluding hydrogens is 268 g/mol. The Balaban J connectivity index is 1.98. The maximum absolute atomic E-state index is 12.0. The van der Waals surface area contributed by atoms with Crippen molar-refractivity contribution in [3.05, 3.63) is 36.5 Å². The standard InChI is InChI=1S/C15H20N4O2/c1-19(8-9-21-2)11-14(20)17-15-13(10-16-18-15)12-6-4-3-5-7-12/h3-7,10H,8-9,11H2,1-2H3,(H2,16,17,18,20). The maximum Gasteiger partial charge on any atom is 0.239 e. The number of carbonyl (C=O) groups is 1. The van der Waals surface area contributed by atoms with Crippen LogP contribution in [0.3, 0.4) is 0 Å². The predicted molar refractivity (Wildman–Crippen MR) is 82.0 cm³/mol. The molecule has 0 saturated heterocycles. The number of amides is 1. The Morgan fingerprint density at radius 2 is 2.14 bits per heavy atom. The largest absolute Gasteiger partial charge is 0.383 e. The smallest absolute Gasteiger partial charge is 0.239 e. The van der Waals surface area contributed by atoms with Crippen molar-refractivity contribution in [1.29, 1.82) is 0 Å². The lowest BCUT2D eigenvalue weighted by Crippen LogP contribution is -2.32. The number of nitrogens with one attached hydrogen (secondary N) is 2. The fourth-order valence-corrected chi connectivity index (χ4v) is 1.97. The average Bonchev–Trinajstić information content (AvgIpc) is 2.94. The van der Waals surface area contributed by atoms with Gasteiger partial charge in [0.1, 0.15) is 5.82 Å². The van der Waals surface area contributed by atoms with Gasteiger partial charge in [-0.15, -0.1) is 0 Å². The van der Waals surface area contributed by atoms with E-state index in [2.05, 4.69) is 15.5 Å². The number of likely N-dealkylation sites (N-methyl/N-ethyl adjacent to an activating group) is 1. The van der Waals surface area contributed by atoms with Gasteiger partial charge in [0.25, 0.3) is 0 Å². The minimum atomic E-state index is -0.0879. The molecule has 0 aliphatic carbocycles. The number of anilines is 1. The predicted octanol–water partition coefficient (Wildman–Crippen LogP) is 1.59. The first kappa shape index (κ1) is 15.2. The number of methoxy groups -OCH3 is 1. The third kappa shape index (κ3) is 4.40. The summed E-state index contributed by atoms with van der Waals surface area (Å²) in [5.41, 5.74) is 1.89. The summed E-state index contributed by atoms with van der Waals surface area (Å²) in [7, 11) is 3.52. The third-order valence-corrected chi connectivity index (χ3v) is 3.08. The van der Waals surface area contributed by atoms with Crippen LogP contribution in [0.4, 0.5) is 5.82 Å². The van der Waals surface area contributed by atoms with Crippen molar-refractivity contribution in [1.82, 2.24) is 15.1 Å². The van der Waals surface area contributed by atoms with Crippen molar-refractivity contribution in [2.75, 3.05) is 39.2 Å². The molecule has 0 aliphatic heterocycles. The number of benzene rings is 1. The van der Waals surface area contributed by atoms with Crippen molar-refractivity contribution in [2.45, 2.75) is 0 Å². The van der Waals surface area contributed by atoms with Crippen molar-refractivity contribution in [3.8, 4) is 11.1 Å². The molecule has 1 amide bonds. The normalized spacial score (nSPS) is 10.8. The first-order chi connectivity index (χ1) is 10.2. The van der Waals surface area contributed by atoms with Gasteiger partial charge in [0.2, 0.25) is 5.91 Å². The average molecular weight is 288 g/mol. The van der Waals surface area contributed by atoms with Crippen LogP contribution in [0.1, 0.15) is 0 Å². The van der Waals surface area contributed by atoms with Crippen molar-refractivity contribution in [2.24, 2.45) is 0 Å². The Labute approximate surface area is 124 Å². The molecule has 1 aromatic carbocycles. The van der Waals surface area contributed by atoms with Gasteiger partial charge < -0.3 is 10.1 Å². The highest BCUT2D eigenvalue weighted by molar-refractivity contribution is 5.95. The van der Waals surface area contributed by atoms with Crippen LogP contribution in [0, 0.1) is 0 Å². The summed E-state index contributed by atoms with van der Waals surface area (Å²) in [6.07, 6.45) is 1.71. The van der Waals surface area contributed by atoms with Gasteiger partial charge in [0.15, 0.2) is 0 Å². The molecule has 21 heavy (non-hydrogen) atoms. The molecule has 0 radical (unpaired) electrons. The molecular formula is C15H20N4O2. The number of H-pyrrole nitrogens is 1. The van der Waals surface area contributed by atoms with E-state index in [1.807, 2.05) is 42.3 Å². The minimum absolute atomic E-state index is 0.0879. The second kappa shape index (κ2) is 7.56. The van der Waals surface area contributed by atoms with Gasteiger partial charge in [-0.25, -0.2) is 0 Å². The Hall–Kier alpha value is -2.18. The summed E-state index contributed by atoms with van der Waals surface area (Å²) in [5.74, 6) is 0.529. The molecule has 2 aromatic rings. The summed E-state index contributed by atoms with van der Waals surface area (Å²) in [5, 5.41) is 9.69. The van der Waals surface area contributed by atoms with E-state index in [1.54, 1.807) is 13.3 Å². The van der Waals surface area contributed by atoms with Gasteiger partial charge in [-0.2, -0.15) is 5.10 Å². The fourth-order valence-electron chi connectivity index (χ4n) is 1.97. The van der Waals surface area contributed by atoms with Crippen molar-refractivity contribution < 1.29 is 9.53 Å². The summed E-state index contributed by atoms with van der Waals surface area (Å²) in [6, 6.07) is 9.81. The van der Waals surface area contributed by atoms with Gasteiger partial charge in [0.05, 0.1) is 19.3 Å². The first-order valence-electron chi connectivity index (χ1n) is 6.77. The van der Waals surface area contributed by atoms with Crippen LogP contribution in [0.25, 0.3) is 11.1 Å². The van der Waals surface area contributed by atoms with Crippen LogP contribution >= 0.6 is 0 Å². The zero-order valence-electron chi connectivity index (χ0n) is 12.3. The topological polar surface area (TPSA) is 70.2 Å². The van der Waals surface area contributed by atoms with Gasteiger partial charge in [0, 0.05) is 19.2 Å². The Morgan fingerprint density at radius 3 is 2.86 bits per heavy atom. The zero-order valence-corrected chi connectivity index (χ0v) is 12.3. The first-order valence-corrected chi connectivity index (χ1v) is 6.77. The zero-order chi connectivity index (χ0) is 15.1. The van der Waals surface area contributed by atoms with E-state index in [4.69, 9.17) is 4.74 Å². The van der Waals surface area contributed by atoms with Crippen LogP contribution in [0.2, 0.25) is 0 Å². The quantitative estimate of drug-likeness (QED) is 0.812. The SMILES string of the molecule is COCCN(C)CC(=O)Nc1[nH]ncc1-c1ccccc1. The second-order valence-electron chi connectivity index (χ2n) is 4.80. The summed E-state index contributed by atoms with van der Waals surface area (Å²) in [6.45, 7) is 1.61. The molecule has 0 saturated carbocycles. The van der Waals surface area contributed by atoms with Gasteiger partial charge in [-0.1, -0.05) is 30.3 Å². The van der Waals surface area contributed by atoms with E-state index >= 15 is 0 Å². The molecule has 1 heterocycles. The Kier molecular flexibility index (Phi) is 5.48.